The number of aromatic nitrogens is 1. The van der Waals surface area contributed by atoms with Crippen LogP contribution in [-0.4, -0.2) is 29.4 Å². The summed E-state index contributed by atoms with van der Waals surface area (Å²) in [6.07, 6.45) is 0.888. The molecule has 3 rings (SSSR count). The first kappa shape index (κ1) is 15.6. The second kappa shape index (κ2) is 6.48. The lowest BCUT2D eigenvalue weighted by Crippen LogP contribution is -2.33. The van der Waals surface area contributed by atoms with E-state index in [0.717, 1.165) is 5.39 Å². The van der Waals surface area contributed by atoms with Crippen LogP contribution in [0.15, 0.2) is 54.7 Å². The quantitative estimate of drug-likeness (QED) is 0.759. The lowest BCUT2D eigenvalue weighted by Gasteiger charge is -2.26. The molecule has 2 N–H and O–H groups in total. The molecule has 0 fully saturated rings. The van der Waals surface area contributed by atoms with E-state index in [1.807, 2.05) is 6.07 Å². The third-order valence-corrected chi connectivity index (χ3v) is 3.96. The molecule has 0 radical (unpaired) electrons. The highest BCUT2D eigenvalue weighted by molar-refractivity contribution is 5.81. The first-order valence-corrected chi connectivity index (χ1v) is 7.45. The van der Waals surface area contributed by atoms with Gasteiger partial charge in [0.25, 0.3) is 0 Å². The summed E-state index contributed by atoms with van der Waals surface area (Å²) >= 11 is 0. The van der Waals surface area contributed by atoms with E-state index >= 15 is 0 Å². The number of halogens is 2. The molecule has 0 aliphatic carbocycles. The zero-order valence-electron chi connectivity index (χ0n) is 12.7. The first-order valence-electron chi connectivity index (χ1n) is 7.45. The molecule has 0 saturated carbocycles. The molecule has 0 bridgehead atoms. The highest BCUT2D eigenvalue weighted by Crippen LogP contribution is 2.29. The van der Waals surface area contributed by atoms with Gasteiger partial charge in [-0.2, -0.15) is 0 Å². The molecule has 3 nitrogen and oxygen atoms in total. The minimum atomic E-state index is -0.836. The Morgan fingerprint density at radius 2 is 1.91 bits per heavy atom. The van der Waals surface area contributed by atoms with Gasteiger partial charge in [-0.1, -0.05) is 24.3 Å². The number of nitrogens with zero attached hydrogens (tertiary/aromatic N) is 1. The summed E-state index contributed by atoms with van der Waals surface area (Å²) in [6.45, 7) is 0.301. The van der Waals surface area contributed by atoms with Crippen LogP contribution in [0, 0.1) is 11.6 Å². The van der Waals surface area contributed by atoms with Crippen LogP contribution < -0.4 is 5.32 Å². The number of para-hydroxylation sites is 1. The zero-order chi connectivity index (χ0) is 16.4. The van der Waals surface area contributed by atoms with E-state index in [2.05, 4.69) is 5.32 Å². The van der Waals surface area contributed by atoms with Gasteiger partial charge in [-0.05, 0) is 36.9 Å². The Balaban J connectivity index is 2.18. The molecule has 1 heterocycles. The van der Waals surface area contributed by atoms with Gasteiger partial charge in [-0.15, -0.1) is 0 Å². The Morgan fingerprint density at radius 3 is 2.65 bits per heavy atom. The molecule has 0 spiro atoms. The molecule has 2 aromatic carbocycles. The summed E-state index contributed by atoms with van der Waals surface area (Å²) in [5.74, 6) is -0.758. The van der Waals surface area contributed by atoms with Gasteiger partial charge in [0.2, 0.25) is 0 Å². The summed E-state index contributed by atoms with van der Waals surface area (Å²) in [5.41, 5.74) is 0.991. The Labute approximate surface area is 133 Å². The summed E-state index contributed by atoms with van der Waals surface area (Å²) in [6, 6.07) is 12.1. The van der Waals surface area contributed by atoms with Crippen molar-refractivity contribution in [1.29, 1.82) is 0 Å². The fourth-order valence-corrected chi connectivity index (χ4v) is 2.99. The molecule has 0 aliphatic heterocycles. The maximum Gasteiger partial charge on any atom is 0.147 e. The highest BCUT2D eigenvalue weighted by atomic mass is 19.1. The van der Waals surface area contributed by atoms with Crippen LogP contribution in [0.5, 0.6) is 0 Å². The van der Waals surface area contributed by atoms with Crippen LogP contribution in [-0.2, 0) is 0 Å². The van der Waals surface area contributed by atoms with Crippen molar-refractivity contribution in [2.24, 2.45) is 0 Å². The molecule has 120 valence electrons. The minimum absolute atomic E-state index is 0.301. The molecular formula is C18H18F2N2O. The van der Waals surface area contributed by atoms with Crippen LogP contribution in [0.3, 0.4) is 0 Å². The third-order valence-electron chi connectivity index (χ3n) is 3.96. The standard InChI is InChI=1S/C18H18F2N2O/c1-21-11-16(23)18(13-5-2-6-14(19)10-13)22-9-8-12-4-3-7-15(20)17(12)22/h2-10,16,18,21,23H,11H2,1H3/t16-,18+/m1/s1. The van der Waals surface area contributed by atoms with Gasteiger partial charge in [0.15, 0.2) is 0 Å². The summed E-state index contributed by atoms with van der Waals surface area (Å²) in [7, 11) is 1.72. The number of rotatable bonds is 5. The number of hydrogen-bond donors (Lipinski definition) is 2. The minimum Gasteiger partial charge on any atom is -0.389 e. The average Bonchev–Trinajstić information content (AvgIpc) is 2.93. The second-order valence-electron chi connectivity index (χ2n) is 5.53. The molecule has 0 aliphatic rings. The van der Waals surface area contributed by atoms with Crippen LogP contribution in [0.25, 0.3) is 10.9 Å². The van der Waals surface area contributed by atoms with Gasteiger partial charge in [0.05, 0.1) is 17.7 Å². The molecule has 5 heteroatoms. The number of aliphatic hydroxyl groups is 1. The molecule has 1 aromatic heterocycles. The first-order chi connectivity index (χ1) is 11.1. The third kappa shape index (κ3) is 2.98. The van der Waals surface area contributed by atoms with E-state index < -0.39 is 12.1 Å². The molecule has 0 amide bonds. The maximum atomic E-state index is 14.3. The lowest BCUT2D eigenvalue weighted by atomic mass is 10.0. The monoisotopic (exact) mass is 316 g/mol. The van der Waals surface area contributed by atoms with E-state index in [4.69, 9.17) is 0 Å². The van der Waals surface area contributed by atoms with E-state index in [0.29, 0.717) is 17.6 Å². The Kier molecular flexibility index (Phi) is 4.41. The van der Waals surface area contributed by atoms with Crippen molar-refractivity contribution in [3.8, 4) is 0 Å². The van der Waals surface area contributed by atoms with Crippen molar-refractivity contribution < 1.29 is 13.9 Å². The van der Waals surface area contributed by atoms with Gasteiger partial charge in [-0.25, -0.2) is 8.78 Å². The Hall–Kier alpha value is -2.24. The van der Waals surface area contributed by atoms with E-state index in [1.54, 1.807) is 42.1 Å². The number of fused-ring (bicyclic) bond motifs is 1. The topological polar surface area (TPSA) is 37.2 Å². The predicted octanol–water partition coefficient (Wildman–Crippen LogP) is 3.09. The molecule has 0 saturated heterocycles. The van der Waals surface area contributed by atoms with Crippen molar-refractivity contribution >= 4 is 10.9 Å². The fourth-order valence-electron chi connectivity index (χ4n) is 2.99. The zero-order valence-corrected chi connectivity index (χ0v) is 12.7. The van der Waals surface area contributed by atoms with Gasteiger partial charge in [-0.3, -0.25) is 0 Å². The normalized spacial score (nSPS) is 14.1. The smallest absolute Gasteiger partial charge is 0.147 e. The number of nitrogens with one attached hydrogen (secondary N) is 1. The van der Waals surface area contributed by atoms with Crippen LogP contribution >= 0.6 is 0 Å². The SMILES string of the molecule is CNC[C@@H](O)[C@H](c1cccc(F)c1)n1ccc2cccc(F)c21. The van der Waals surface area contributed by atoms with Crippen molar-refractivity contribution in [2.45, 2.75) is 12.1 Å². The largest absolute Gasteiger partial charge is 0.389 e. The van der Waals surface area contributed by atoms with Gasteiger partial charge < -0.3 is 15.0 Å². The summed E-state index contributed by atoms with van der Waals surface area (Å²) in [5, 5.41) is 14.2. The van der Waals surface area contributed by atoms with Crippen LogP contribution in [0.4, 0.5) is 8.78 Å². The lowest BCUT2D eigenvalue weighted by molar-refractivity contribution is 0.132. The fraction of sp³-hybridized carbons (Fsp3) is 0.222. The summed E-state index contributed by atoms with van der Waals surface area (Å²) < 4.78 is 29.6. The van der Waals surface area contributed by atoms with Crippen molar-refractivity contribution in [1.82, 2.24) is 9.88 Å². The van der Waals surface area contributed by atoms with Gasteiger partial charge in [0, 0.05) is 18.1 Å². The maximum absolute atomic E-state index is 14.3. The van der Waals surface area contributed by atoms with Crippen LogP contribution in [0.1, 0.15) is 11.6 Å². The molecule has 0 unspecified atom stereocenters. The van der Waals surface area contributed by atoms with Crippen molar-refractivity contribution in [2.75, 3.05) is 13.6 Å². The number of benzene rings is 2. The molecule has 23 heavy (non-hydrogen) atoms. The number of likely N-dealkylation sites (N-methyl/N-ethyl adjacent to an activating group) is 1. The van der Waals surface area contributed by atoms with Crippen molar-refractivity contribution in [3.63, 3.8) is 0 Å². The highest BCUT2D eigenvalue weighted by Gasteiger charge is 2.25. The van der Waals surface area contributed by atoms with E-state index in [-0.39, 0.29) is 11.6 Å². The average molecular weight is 316 g/mol. The molecule has 3 aromatic rings. The number of hydrogen-bond acceptors (Lipinski definition) is 2. The Bertz CT molecular complexity index is 816. The van der Waals surface area contributed by atoms with Gasteiger partial charge in [0.1, 0.15) is 11.6 Å². The molecule has 2 atom stereocenters. The van der Waals surface area contributed by atoms with Crippen molar-refractivity contribution in [3.05, 3.63) is 71.9 Å². The van der Waals surface area contributed by atoms with E-state index in [9.17, 15) is 13.9 Å². The summed E-state index contributed by atoms with van der Waals surface area (Å²) in [4.78, 5) is 0. The predicted molar refractivity (Wildman–Crippen MR) is 86.4 cm³/mol. The van der Waals surface area contributed by atoms with E-state index in [1.165, 1.54) is 18.2 Å². The second-order valence-corrected chi connectivity index (χ2v) is 5.53. The van der Waals surface area contributed by atoms with Crippen LogP contribution in [0.2, 0.25) is 0 Å². The van der Waals surface area contributed by atoms with Gasteiger partial charge >= 0.3 is 0 Å². The Morgan fingerprint density at radius 1 is 1.13 bits per heavy atom. The molecular weight excluding hydrogens is 298 g/mol. The number of aliphatic hydroxyl groups excluding tert-OH is 1.